The van der Waals surface area contributed by atoms with Gasteiger partial charge in [-0.2, -0.15) is 0 Å². The van der Waals surface area contributed by atoms with Crippen LogP contribution in [0.5, 0.6) is 0 Å². The molecule has 1 unspecified atom stereocenters. The number of carbonyl (C=O) groups is 2. The first-order valence-electron chi connectivity index (χ1n) is 10.4. The minimum atomic E-state index is -0.786. The molecular formula is C20H33N5O2. The third kappa shape index (κ3) is 4.62. The number of imide groups is 1. The lowest BCUT2D eigenvalue weighted by Gasteiger charge is -2.39. The number of piperidine rings is 1. The monoisotopic (exact) mass is 375 g/mol. The fourth-order valence-electron chi connectivity index (χ4n) is 4.38. The summed E-state index contributed by atoms with van der Waals surface area (Å²) in [5, 5.41) is 8.60. The highest BCUT2D eigenvalue weighted by molar-refractivity contribution is 6.07. The van der Waals surface area contributed by atoms with E-state index in [1.54, 1.807) is 5.57 Å². The second kappa shape index (κ2) is 8.76. The first kappa shape index (κ1) is 19.7. The van der Waals surface area contributed by atoms with E-state index in [-0.39, 0.29) is 17.9 Å². The average molecular weight is 376 g/mol. The quantitative estimate of drug-likeness (QED) is 0.297. The molecule has 2 aliphatic heterocycles. The third-order valence-electron chi connectivity index (χ3n) is 6.10. The number of amides is 3. The van der Waals surface area contributed by atoms with Crippen molar-refractivity contribution in [3.05, 3.63) is 11.6 Å². The molecule has 1 aliphatic carbocycles. The zero-order chi connectivity index (χ0) is 19.3. The molecule has 2 saturated heterocycles. The van der Waals surface area contributed by atoms with Gasteiger partial charge in [0, 0.05) is 26.2 Å². The Bertz CT molecular complexity index is 622. The molecule has 2 fully saturated rings. The van der Waals surface area contributed by atoms with Crippen molar-refractivity contribution in [2.75, 3.05) is 26.2 Å². The van der Waals surface area contributed by atoms with Crippen molar-refractivity contribution in [1.82, 2.24) is 20.9 Å². The van der Waals surface area contributed by atoms with E-state index in [4.69, 9.17) is 4.99 Å². The number of nitrogens with one attached hydrogen (secondary N) is 3. The van der Waals surface area contributed by atoms with Crippen LogP contribution in [0.25, 0.3) is 0 Å². The molecule has 0 aromatic heterocycles. The van der Waals surface area contributed by atoms with Gasteiger partial charge in [-0.1, -0.05) is 11.6 Å². The first-order valence-corrected chi connectivity index (χ1v) is 10.4. The molecule has 27 heavy (non-hydrogen) atoms. The van der Waals surface area contributed by atoms with Crippen molar-refractivity contribution >= 4 is 17.9 Å². The Morgan fingerprint density at radius 1 is 1.33 bits per heavy atom. The maximum absolute atomic E-state index is 12.2. The van der Waals surface area contributed by atoms with E-state index in [0.29, 0.717) is 0 Å². The number of carbonyl (C=O) groups excluding carboxylic acids is 2. The van der Waals surface area contributed by atoms with Gasteiger partial charge in [-0.15, -0.1) is 0 Å². The maximum Gasteiger partial charge on any atom is 0.322 e. The highest BCUT2D eigenvalue weighted by Crippen LogP contribution is 2.30. The second-order valence-corrected chi connectivity index (χ2v) is 7.97. The predicted molar refractivity (Wildman–Crippen MR) is 107 cm³/mol. The van der Waals surface area contributed by atoms with Crippen molar-refractivity contribution in [3.8, 4) is 0 Å². The molecule has 0 saturated carbocycles. The number of hydrogen-bond donors (Lipinski definition) is 3. The number of allylic oxidation sites excluding steroid dienone is 1. The van der Waals surface area contributed by atoms with E-state index >= 15 is 0 Å². The topological polar surface area (TPSA) is 85.8 Å². The summed E-state index contributed by atoms with van der Waals surface area (Å²) in [7, 11) is 0. The largest absolute Gasteiger partial charge is 0.357 e. The molecule has 1 atom stereocenters. The smallest absolute Gasteiger partial charge is 0.322 e. The lowest BCUT2D eigenvalue weighted by atomic mass is 9.79. The van der Waals surface area contributed by atoms with Crippen LogP contribution >= 0.6 is 0 Å². The molecule has 7 nitrogen and oxygen atoms in total. The van der Waals surface area contributed by atoms with Crippen LogP contribution in [0.2, 0.25) is 0 Å². The fourth-order valence-corrected chi connectivity index (χ4v) is 4.38. The lowest BCUT2D eigenvalue weighted by molar-refractivity contribution is -0.125. The number of rotatable bonds is 5. The molecule has 3 amide bonds. The van der Waals surface area contributed by atoms with E-state index < -0.39 is 5.54 Å². The van der Waals surface area contributed by atoms with Gasteiger partial charge in [-0.05, 0) is 64.7 Å². The number of nitrogens with zero attached hydrogens (tertiary/aromatic N) is 2. The van der Waals surface area contributed by atoms with Crippen LogP contribution < -0.4 is 16.0 Å². The summed E-state index contributed by atoms with van der Waals surface area (Å²) in [5.74, 6) is 0.917. The van der Waals surface area contributed by atoms with Gasteiger partial charge >= 0.3 is 6.03 Å². The summed E-state index contributed by atoms with van der Waals surface area (Å²) in [6.07, 6.45) is 10.2. The van der Waals surface area contributed by atoms with E-state index in [0.717, 1.165) is 51.4 Å². The Labute approximate surface area is 162 Å². The standard InChI is InChI=1S/C20H33N5O2/c1-3-21-18(22-12-9-15-7-5-4-6-8-15)25-13-10-16(11-14-25)20(2)17(26)23-19(27)24-20/h7,16H,3-6,8-14H2,1-2H3,(H,21,22)(H2,23,24,26,27). The molecule has 0 aromatic rings. The Morgan fingerprint density at radius 2 is 2.11 bits per heavy atom. The van der Waals surface area contributed by atoms with Crippen LogP contribution in [0, 0.1) is 5.92 Å². The van der Waals surface area contributed by atoms with Crippen LogP contribution in [0.3, 0.4) is 0 Å². The minimum absolute atomic E-state index is 0.149. The minimum Gasteiger partial charge on any atom is -0.357 e. The van der Waals surface area contributed by atoms with E-state index in [1.165, 1.54) is 25.7 Å². The van der Waals surface area contributed by atoms with Gasteiger partial charge < -0.3 is 15.5 Å². The van der Waals surface area contributed by atoms with Gasteiger partial charge in [0.25, 0.3) is 5.91 Å². The molecule has 2 heterocycles. The van der Waals surface area contributed by atoms with Crippen molar-refractivity contribution in [3.63, 3.8) is 0 Å². The van der Waals surface area contributed by atoms with E-state index in [1.807, 2.05) is 6.92 Å². The first-order chi connectivity index (χ1) is 13.0. The summed E-state index contributed by atoms with van der Waals surface area (Å²) in [5.41, 5.74) is 0.766. The molecule has 0 aromatic carbocycles. The van der Waals surface area contributed by atoms with Gasteiger partial charge in [0.1, 0.15) is 5.54 Å². The molecule has 3 N–H and O–H groups in total. The van der Waals surface area contributed by atoms with Crippen LogP contribution in [0.15, 0.2) is 16.6 Å². The molecular weight excluding hydrogens is 342 g/mol. The Hall–Kier alpha value is -2.05. The highest BCUT2D eigenvalue weighted by Gasteiger charge is 2.48. The van der Waals surface area contributed by atoms with Crippen molar-refractivity contribution in [2.24, 2.45) is 10.9 Å². The summed E-state index contributed by atoms with van der Waals surface area (Å²) in [6, 6.07) is -0.378. The Morgan fingerprint density at radius 3 is 2.70 bits per heavy atom. The second-order valence-electron chi connectivity index (χ2n) is 7.97. The van der Waals surface area contributed by atoms with Crippen LogP contribution in [0.1, 0.15) is 58.8 Å². The maximum atomic E-state index is 12.2. The van der Waals surface area contributed by atoms with Gasteiger partial charge in [0.15, 0.2) is 5.96 Å². The van der Waals surface area contributed by atoms with Gasteiger partial charge in [-0.25, -0.2) is 4.79 Å². The molecule has 0 radical (unpaired) electrons. The molecule has 150 valence electrons. The summed E-state index contributed by atoms with van der Waals surface area (Å²) < 4.78 is 0. The van der Waals surface area contributed by atoms with Crippen molar-refractivity contribution < 1.29 is 9.59 Å². The number of urea groups is 1. The van der Waals surface area contributed by atoms with Crippen molar-refractivity contribution in [2.45, 2.75) is 64.3 Å². The Kier molecular flexibility index (Phi) is 6.39. The third-order valence-corrected chi connectivity index (χ3v) is 6.10. The van der Waals surface area contributed by atoms with E-state index in [2.05, 4.69) is 33.9 Å². The van der Waals surface area contributed by atoms with Crippen LogP contribution in [-0.2, 0) is 4.79 Å². The van der Waals surface area contributed by atoms with E-state index in [9.17, 15) is 9.59 Å². The van der Waals surface area contributed by atoms with Crippen LogP contribution in [0.4, 0.5) is 4.79 Å². The SMILES string of the molecule is CCNC(=NCCC1=CCCCC1)N1CCC(C2(C)NC(=O)NC2=O)CC1. The number of hydrogen-bond acceptors (Lipinski definition) is 3. The zero-order valence-electron chi connectivity index (χ0n) is 16.6. The van der Waals surface area contributed by atoms with Crippen molar-refractivity contribution in [1.29, 1.82) is 0 Å². The summed E-state index contributed by atoms with van der Waals surface area (Å²) in [4.78, 5) is 30.8. The average Bonchev–Trinajstić information content (AvgIpc) is 2.95. The Balaban J connectivity index is 1.55. The molecule has 0 bridgehead atoms. The highest BCUT2D eigenvalue weighted by atomic mass is 16.2. The molecule has 3 rings (SSSR count). The van der Waals surface area contributed by atoms with Gasteiger partial charge in [0.05, 0.1) is 0 Å². The molecule has 0 spiro atoms. The predicted octanol–water partition coefficient (Wildman–Crippen LogP) is 2.15. The molecule has 7 heteroatoms. The number of guanidine groups is 1. The zero-order valence-corrected chi connectivity index (χ0v) is 16.6. The summed E-state index contributed by atoms with van der Waals surface area (Å²) >= 11 is 0. The fraction of sp³-hybridized carbons (Fsp3) is 0.750. The lowest BCUT2D eigenvalue weighted by Crippen LogP contribution is -2.55. The van der Waals surface area contributed by atoms with Gasteiger partial charge in [-0.3, -0.25) is 15.1 Å². The summed E-state index contributed by atoms with van der Waals surface area (Å²) in [6.45, 7) is 7.29. The van der Waals surface area contributed by atoms with Crippen LogP contribution in [-0.4, -0.2) is 54.5 Å². The van der Waals surface area contributed by atoms with Gasteiger partial charge in [0.2, 0.25) is 0 Å². The normalized spacial score (nSPS) is 27.3. The molecule has 3 aliphatic rings. The number of aliphatic imine (C=N–C) groups is 1. The number of likely N-dealkylation sites (tertiary alicyclic amines) is 1.